The van der Waals surface area contributed by atoms with Gasteiger partial charge in [-0.15, -0.1) is 0 Å². The Morgan fingerprint density at radius 1 is 1.06 bits per heavy atom. The third-order valence-electron chi connectivity index (χ3n) is 4.92. The lowest BCUT2D eigenvalue weighted by Crippen LogP contribution is -2.08. The van der Waals surface area contributed by atoms with Crippen molar-refractivity contribution in [3.05, 3.63) is 51.7 Å². The predicted molar refractivity (Wildman–Crippen MR) is 115 cm³/mol. The van der Waals surface area contributed by atoms with Crippen LogP contribution in [0.25, 0.3) is 22.3 Å². The van der Waals surface area contributed by atoms with E-state index >= 15 is 0 Å². The molecule has 0 saturated heterocycles. The first kappa shape index (κ1) is 22.0. The molecule has 31 heavy (non-hydrogen) atoms. The van der Waals surface area contributed by atoms with Gasteiger partial charge < -0.3 is 33.9 Å². The van der Waals surface area contributed by atoms with E-state index in [1.807, 2.05) is 13.0 Å². The summed E-state index contributed by atoms with van der Waals surface area (Å²) in [5.41, 5.74) is 1.52. The first-order valence-electron chi connectivity index (χ1n) is 9.43. The number of phenols is 2. The summed E-state index contributed by atoms with van der Waals surface area (Å²) in [5.74, 6) is -0.465. The Kier molecular flexibility index (Phi) is 6.41. The molecule has 0 atom stereocenters. The zero-order chi connectivity index (χ0) is 22.7. The maximum Gasteiger partial charge on any atom is 0.239 e. The average molecular weight is 428 g/mol. The van der Waals surface area contributed by atoms with Crippen LogP contribution in [-0.2, 0) is 6.42 Å². The van der Waals surface area contributed by atoms with Gasteiger partial charge in [-0.2, -0.15) is 0 Å². The van der Waals surface area contributed by atoms with Crippen molar-refractivity contribution in [2.45, 2.75) is 13.3 Å². The number of allylic oxidation sites excluding steroid dienone is 1. The van der Waals surface area contributed by atoms with E-state index in [9.17, 15) is 20.1 Å². The highest BCUT2D eigenvalue weighted by Gasteiger charge is 2.24. The maximum absolute atomic E-state index is 13.1. The zero-order valence-corrected chi connectivity index (χ0v) is 17.7. The van der Waals surface area contributed by atoms with Crippen LogP contribution in [0.2, 0.25) is 0 Å². The van der Waals surface area contributed by atoms with Crippen LogP contribution in [0.1, 0.15) is 12.5 Å². The Morgan fingerprint density at radius 2 is 1.77 bits per heavy atom. The Balaban J connectivity index is 2.26. The number of fused-ring (bicyclic) bond motifs is 1. The number of phenolic OH excluding ortho intramolecular Hbond substituents is 2. The largest absolute Gasteiger partial charge is 0.504 e. The third-order valence-corrected chi connectivity index (χ3v) is 4.92. The molecule has 0 aliphatic rings. The first-order valence-corrected chi connectivity index (χ1v) is 9.43. The third kappa shape index (κ3) is 4.02. The predicted octanol–water partition coefficient (Wildman–Crippen LogP) is 3.38. The number of rotatable bonds is 7. The molecule has 0 spiro atoms. The number of aliphatic hydroxyl groups is 1. The molecule has 3 aromatic rings. The van der Waals surface area contributed by atoms with Gasteiger partial charge >= 0.3 is 0 Å². The van der Waals surface area contributed by atoms with Gasteiger partial charge in [0.25, 0.3) is 0 Å². The topological polar surface area (TPSA) is 119 Å². The molecule has 0 unspecified atom stereocenters. The van der Waals surface area contributed by atoms with Crippen molar-refractivity contribution in [1.29, 1.82) is 0 Å². The second kappa shape index (κ2) is 9.01. The molecule has 1 heterocycles. The summed E-state index contributed by atoms with van der Waals surface area (Å²) in [7, 11) is 4.14. The van der Waals surface area contributed by atoms with Crippen LogP contribution in [0, 0.1) is 0 Å². The number of hydrogen-bond donors (Lipinski definition) is 3. The first-order chi connectivity index (χ1) is 14.9. The van der Waals surface area contributed by atoms with Crippen LogP contribution in [0.15, 0.2) is 45.1 Å². The van der Waals surface area contributed by atoms with E-state index < -0.39 is 11.2 Å². The minimum atomic E-state index is -0.608. The quantitative estimate of drug-likeness (QED) is 0.490. The monoisotopic (exact) mass is 428 g/mol. The summed E-state index contributed by atoms with van der Waals surface area (Å²) < 4.78 is 21.6. The molecule has 0 saturated carbocycles. The molecule has 0 fully saturated rings. The van der Waals surface area contributed by atoms with E-state index in [2.05, 4.69) is 0 Å². The minimum absolute atomic E-state index is 0.0232. The van der Waals surface area contributed by atoms with Crippen molar-refractivity contribution in [3.8, 4) is 40.1 Å². The fraction of sp³-hybridized carbons (Fsp3) is 0.261. The van der Waals surface area contributed by atoms with Crippen molar-refractivity contribution in [3.63, 3.8) is 0 Å². The molecule has 0 aliphatic carbocycles. The summed E-state index contributed by atoms with van der Waals surface area (Å²) in [4.78, 5) is 13.1. The van der Waals surface area contributed by atoms with E-state index in [4.69, 9.17) is 18.6 Å². The van der Waals surface area contributed by atoms with Gasteiger partial charge in [-0.3, -0.25) is 4.79 Å². The minimum Gasteiger partial charge on any atom is -0.504 e. The number of aromatic hydroxyl groups is 2. The van der Waals surface area contributed by atoms with Gasteiger partial charge in [0.2, 0.25) is 16.9 Å². The average Bonchev–Trinajstić information content (AvgIpc) is 2.76. The van der Waals surface area contributed by atoms with Gasteiger partial charge in [0.15, 0.2) is 17.3 Å². The van der Waals surface area contributed by atoms with Crippen molar-refractivity contribution >= 4 is 11.0 Å². The molecule has 0 radical (unpaired) electrons. The fourth-order valence-electron chi connectivity index (χ4n) is 3.29. The van der Waals surface area contributed by atoms with Crippen molar-refractivity contribution in [2.24, 2.45) is 0 Å². The molecule has 3 rings (SSSR count). The van der Waals surface area contributed by atoms with Gasteiger partial charge in [0, 0.05) is 11.6 Å². The molecule has 8 nitrogen and oxygen atoms in total. The Morgan fingerprint density at radius 3 is 2.39 bits per heavy atom. The SMILES string of the molecule is COc1ccc(-c2oc3cc(O)c(OC)c(O)c3c(=O)c2OC)cc1CC=C(C)CO. The standard InChI is InChI=1S/C23H24O8/c1-12(11-24)5-6-13-9-14(7-8-16(13)28-2)21-23(30-4)20(27)18-17(31-21)10-15(25)22(29-3)19(18)26/h5,7-10,24-26H,6,11H2,1-4H3. The van der Waals surface area contributed by atoms with Crippen LogP contribution in [0.5, 0.6) is 28.7 Å². The van der Waals surface area contributed by atoms with Gasteiger partial charge in [-0.25, -0.2) is 0 Å². The van der Waals surface area contributed by atoms with E-state index in [0.717, 1.165) is 11.1 Å². The fourth-order valence-corrected chi connectivity index (χ4v) is 3.29. The molecule has 3 N–H and O–H groups in total. The Hall–Kier alpha value is -3.65. The molecule has 164 valence electrons. The van der Waals surface area contributed by atoms with Crippen LogP contribution in [-0.4, -0.2) is 43.3 Å². The summed E-state index contributed by atoms with van der Waals surface area (Å²) in [6, 6.07) is 6.44. The second-order valence-electron chi connectivity index (χ2n) is 6.88. The van der Waals surface area contributed by atoms with Crippen LogP contribution < -0.4 is 19.6 Å². The van der Waals surface area contributed by atoms with Gasteiger partial charge in [-0.1, -0.05) is 11.6 Å². The lowest BCUT2D eigenvalue weighted by atomic mass is 10.0. The zero-order valence-electron chi connectivity index (χ0n) is 17.7. The molecule has 0 bridgehead atoms. The van der Waals surface area contributed by atoms with Crippen LogP contribution in [0.4, 0.5) is 0 Å². The lowest BCUT2D eigenvalue weighted by molar-refractivity contribution is 0.331. The number of ether oxygens (including phenoxy) is 3. The number of aliphatic hydroxyl groups excluding tert-OH is 1. The Bertz CT molecular complexity index is 1210. The highest BCUT2D eigenvalue weighted by atomic mass is 16.5. The summed E-state index contributed by atoms with van der Waals surface area (Å²) in [6.07, 6.45) is 2.36. The lowest BCUT2D eigenvalue weighted by Gasteiger charge is -2.14. The van der Waals surface area contributed by atoms with Crippen molar-refractivity contribution in [1.82, 2.24) is 0 Å². The smallest absolute Gasteiger partial charge is 0.239 e. The highest BCUT2D eigenvalue weighted by molar-refractivity contribution is 5.91. The molecule has 0 amide bonds. The van der Waals surface area contributed by atoms with Crippen molar-refractivity contribution < 1.29 is 33.9 Å². The van der Waals surface area contributed by atoms with Crippen LogP contribution >= 0.6 is 0 Å². The maximum atomic E-state index is 13.1. The van der Waals surface area contributed by atoms with Crippen LogP contribution in [0.3, 0.4) is 0 Å². The highest BCUT2D eigenvalue weighted by Crippen LogP contribution is 2.43. The van der Waals surface area contributed by atoms with Crippen molar-refractivity contribution in [2.75, 3.05) is 27.9 Å². The van der Waals surface area contributed by atoms with E-state index in [1.54, 1.807) is 25.3 Å². The summed E-state index contributed by atoms with van der Waals surface area (Å²) in [6.45, 7) is 1.76. The van der Waals surface area contributed by atoms with E-state index in [0.29, 0.717) is 17.7 Å². The molecule has 2 aromatic carbocycles. The second-order valence-corrected chi connectivity index (χ2v) is 6.88. The number of methoxy groups -OCH3 is 3. The van der Waals surface area contributed by atoms with Gasteiger partial charge in [0.05, 0.1) is 27.9 Å². The van der Waals surface area contributed by atoms with E-state index in [1.165, 1.54) is 20.3 Å². The number of hydrogen-bond acceptors (Lipinski definition) is 8. The number of benzene rings is 2. The molecule has 8 heteroatoms. The molecular formula is C23H24O8. The summed E-state index contributed by atoms with van der Waals surface area (Å²) in [5, 5.41) is 29.6. The van der Waals surface area contributed by atoms with Gasteiger partial charge in [0.1, 0.15) is 16.7 Å². The van der Waals surface area contributed by atoms with E-state index in [-0.39, 0.29) is 40.6 Å². The molecule has 1 aromatic heterocycles. The van der Waals surface area contributed by atoms with Gasteiger partial charge in [-0.05, 0) is 37.1 Å². The molecule has 0 aliphatic heterocycles. The molecular weight excluding hydrogens is 404 g/mol. The Labute approximate surface area is 178 Å². The summed E-state index contributed by atoms with van der Waals surface area (Å²) >= 11 is 0. The normalized spacial score (nSPS) is 11.6.